The number of ether oxygens (including phenoxy) is 2. The maximum absolute atomic E-state index is 12.3. The van der Waals surface area contributed by atoms with Gasteiger partial charge in [-0.2, -0.15) is 0 Å². The number of hydrogen-bond acceptors (Lipinski definition) is 5. The summed E-state index contributed by atoms with van der Waals surface area (Å²) in [5, 5.41) is 8.86. The third-order valence-corrected chi connectivity index (χ3v) is 5.70. The number of rotatable bonds is 11. The molecule has 2 amide bonds. The molecule has 1 fully saturated rings. The van der Waals surface area contributed by atoms with E-state index in [1.54, 1.807) is 0 Å². The normalized spacial score (nSPS) is 14.8. The van der Waals surface area contributed by atoms with Crippen molar-refractivity contribution in [3.63, 3.8) is 0 Å². The van der Waals surface area contributed by atoms with Crippen LogP contribution in [0, 0.1) is 0 Å². The number of hydrogen-bond donors (Lipinski definition) is 3. The fourth-order valence-corrected chi connectivity index (χ4v) is 3.78. The third kappa shape index (κ3) is 8.15. The summed E-state index contributed by atoms with van der Waals surface area (Å²) in [6, 6.07) is 24.5. The monoisotopic (exact) mass is 473 g/mol. The highest BCUT2D eigenvalue weighted by molar-refractivity contribution is 5.94. The van der Waals surface area contributed by atoms with E-state index in [0.717, 1.165) is 42.1 Å². The van der Waals surface area contributed by atoms with Crippen LogP contribution in [-0.2, 0) is 20.7 Å². The molecular formula is C28H31N3O4. The van der Waals surface area contributed by atoms with Crippen molar-refractivity contribution in [2.75, 3.05) is 35.7 Å². The van der Waals surface area contributed by atoms with Crippen LogP contribution in [0.4, 0.5) is 17.1 Å². The van der Waals surface area contributed by atoms with Crippen molar-refractivity contribution in [3.8, 4) is 5.75 Å². The first-order valence-electron chi connectivity index (χ1n) is 12.0. The van der Waals surface area contributed by atoms with Gasteiger partial charge < -0.3 is 25.4 Å². The lowest BCUT2D eigenvalue weighted by Crippen LogP contribution is -2.21. The van der Waals surface area contributed by atoms with Crippen LogP contribution in [0.3, 0.4) is 0 Å². The van der Waals surface area contributed by atoms with Crippen molar-refractivity contribution < 1.29 is 19.1 Å². The number of carbonyl (C=O) groups is 2. The average Bonchev–Trinajstić information content (AvgIpc) is 3.41. The molecular weight excluding hydrogens is 442 g/mol. The molecule has 0 saturated carbocycles. The Labute approximate surface area is 205 Å². The van der Waals surface area contributed by atoms with E-state index >= 15 is 0 Å². The SMILES string of the molecule is O=C(CCc1ccccc1)Nc1ccc(NCC(=O)Nc2ccc(OCC3CCCO3)cc2)cc1. The number of benzene rings is 3. The first kappa shape index (κ1) is 24.3. The van der Waals surface area contributed by atoms with E-state index in [9.17, 15) is 9.59 Å². The van der Waals surface area contributed by atoms with Crippen molar-refractivity contribution >= 4 is 28.9 Å². The van der Waals surface area contributed by atoms with Crippen molar-refractivity contribution in [1.82, 2.24) is 0 Å². The van der Waals surface area contributed by atoms with Gasteiger partial charge in [-0.15, -0.1) is 0 Å². The van der Waals surface area contributed by atoms with Gasteiger partial charge in [0, 0.05) is 30.1 Å². The number of carbonyl (C=O) groups excluding carboxylic acids is 2. The summed E-state index contributed by atoms with van der Waals surface area (Å²) < 4.78 is 11.3. The fourth-order valence-electron chi connectivity index (χ4n) is 3.78. The largest absolute Gasteiger partial charge is 0.491 e. The molecule has 1 saturated heterocycles. The molecule has 1 heterocycles. The van der Waals surface area contributed by atoms with E-state index in [-0.39, 0.29) is 24.5 Å². The van der Waals surface area contributed by atoms with Crippen LogP contribution in [0.5, 0.6) is 5.75 Å². The first-order valence-corrected chi connectivity index (χ1v) is 12.0. The molecule has 0 bridgehead atoms. The summed E-state index contributed by atoms with van der Waals surface area (Å²) in [7, 11) is 0. The second kappa shape index (κ2) is 12.6. The molecule has 0 radical (unpaired) electrons. The van der Waals surface area contributed by atoms with E-state index in [2.05, 4.69) is 16.0 Å². The Morgan fingerprint density at radius 2 is 1.49 bits per heavy atom. The van der Waals surface area contributed by atoms with Crippen LogP contribution >= 0.6 is 0 Å². The van der Waals surface area contributed by atoms with E-state index < -0.39 is 0 Å². The van der Waals surface area contributed by atoms with Gasteiger partial charge in [-0.25, -0.2) is 0 Å². The highest BCUT2D eigenvalue weighted by atomic mass is 16.5. The molecule has 7 nitrogen and oxygen atoms in total. The second-order valence-corrected chi connectivity index (χ2v) is 8.48. The Hall–Kier alpha value is -3.84. The van der Waals surface area contributed by atoms with Gasteiger partial charge in [-0.1, -0.05) is 30.3 Å². The van der Waals surface area contributed by atoms with Gasteiger partial charge in [0.25, 0.3) is 0 Å². The van der Waals surface area contributed by atoms with Crippen molar-refractivity contribution in [2.45, 2.75) is 31.8 Å². The zero-order chi connectivity index (χ0) is 24.3. The smallest absolute Gasteiger partial charge is 0.243 e. The van der Waals surface area contributed by atoms with Gasteiger partial charge in [0.05, 0.1) is 12.6 Å². The minimum Gasteiger partial charge on any atom is -0.491 e. The Bertz CT molecular complexity index is 1080. The van der Waals surface area contributed by atoms with Gasteiger partial charge in [0.2, 0.25) is 11.8 Å². The molecule has 7 heteroatoms. The first-order chi connectivity index (χ1) is 17.1. The van der Waals surface area contributed by atoms with Gasteiger partial charge in [-0.05, 0) is 73.4 Å². The molecule has 0 spiro atoms. The van der Waals surface area contributed by atoms with Crippen molar-refractivity contribution in [3.05, 3.63) is 84.4 Å². The lowest BCUT2D eigenvalue weighted by molar-refractivity contribution is -0.116. The predicted octanol–water partition coefficient (Wildman–Crippen LogP) is 4.87. The lowest BCUT2D eigenvalue weighted by Gasteiger charge is -2.12. The Balaban J connectivity index is 1.15. The standard InChI is InChI=1S/C28H31N3O4/c32-27(17-8-21-5-2-1-3-6-21)30-23-11-9-22(10-12-23)29-19-28(33)31-24-13-15-25(16-14-24)35-20-26-7-4-18-34-26/h1-3,5-6,9-16,26,29H,4,7-8,17-20H2,(H,30,32)(H,31,33). The van der Waals surface area contributed by atoms with E-state index in [0.29, 0.717) is 25.1 Å². The van der Waals surface area contributed by atoms with E-state index in [1.807, 2.05) is 78.9 Å². The quantitative estimate of drug-likeness (QED) is 0.370. The van der Waals surface area contributed by atoms with Crippen LogP contribution < -0.4 is 20.7 Å². The predicted molar refractivity (Wildman–Crippen MR) is 138 cm³/mol. The maximum Gasteiger partial charge on any atom is 0.243 e. The molecule has 3 N–H and O–H groups in total. The topological polar surface area (TPSA) is 88.7 Å². The second-order valence-electron chi connectivity index (χ2n) is 8.48. The van der Waals surface area contributed by atoms with Crippen LogP contribution in [0.15, 0.2) is 78.9 Å². The number of amides is 2. The summed E-state index contributed by atoms with van der Waals surface area (Å²) in [6.07, 6.45) is 3.42. The highest BCUT2D eigenvalue weighted by Gasteiger charge is 2.16. The minimum atomic E-state index is -0.156. The van der Waals surface area contributed by atoms with Crippen molar-refractivity contribution in [2.24, 2.45) is 0 Å². The van der Waals surface area contributed by atoms with Gasteiger partial charge >= 0.3 is 0 Å². The molecule has 1 aliphatic rings. The van der Waals surface area contributed by atoms with Gasteiger partial charge in [0.1, 0.15) is 12.4 Å². The zero-order valence-corrected chi connectivity index (χ0v) is 19.7. The number of anilines is 3. The molecule has 1 aliphatic heterocycles. The molecule has 3 aromatic carbocycles. The third-order valence-electron chi connectivity index (χ3n) is 5.70. The maximum atomic E-state index is 12.3. The van der Waals surface area contributed by atoms with Gasteiger partial charge in [-0.3, -0.25) is 9.59 Å². The molecule has 4 rings (SSSR count). The van der Waals surface area contributed by atoms with E-state index in [4.69, 9.17) is 9.47 Å². The Kier molecular flexibility index (Phi) is 8.73. The number of nitrogens with one attached hydrogen (secondary N) is 3. The fraction of sp³-hybridized carbons (Fsp3) is 0.286. The zero-order valence-electron chi connectivity index (χ0n) is 19.7. The summed E-state index contributed by atoms with van der Waals surface area (Å²) in [5.74, 6) is 0.567. The minimum absolute atomic E-state index is 0.0303. The summed E-state index contributed by atoms with van der Waals surface area (Å²) >= 11 is 0. The number of aryl methyl sites for hydroxylation is 1. The highest BCUT2D eigenvalue weighted by Crippen LogP contribution is 2.19. The molecule has 35 heavy (non-hydrogen) atoms. The molecule has 3 aromatic rings. The van der Waals surface area contributed by atoms with Crippen LogP contribution in [0.1, 0.15) is 24.8 Å². The average molecular weight is 474 g/mol. The Morgan fingerprint density at radius 3 is 2.17 bits per heavy atom. The van der Waals surface area contributed by atoms with E-state index in [1.165, 1.54) is 0 Å². The van der Waals surface area contributed by atoms with Gasteiger partial charge in [0.15, 0.2) is 0 Å². The molecule has 182 valence electrons. The van der Waals surface area contributed by atoms with Crippen LogP contribution in [0.2, 0.25) is 0 Å². The molecule has 0 aliphatic carbocycles. The molecule has 0 aromatic heterocycles. The van der Waals surface area contributed by atoms with Crippen molar-refractivity contribution in [1.29, 1.82) is 0 Å². The van der Waals surface area contributed by atoms with Crippen LogP contribution in [0.25, 0.3) is 0 Å². The van der Waals surface area contributed by atoms with Crippen LogP contribution in [-0.4, -0.2) is 37.7 Å². The summed E-state index contributed by atoms with van der Waals surface area (Å²) in [5.41, 5.74) is 3.36. The summed E-state index contributed by atoms with van der Waals surface area (Å²) in [4.78, 5) is 24.5. The summed E-state index contributed by atoms with van der Waals surface area (Å²) in [6.45, 7) is 1.48. The molecule has 1 atom stereocenters. The lowest BCUT2D eigenvalue weighted by atomic mass is 10.1. The molecule has 1 unspecified atom stereocenters. The Morgan fingerprint density at radius 1 is 0.829 bits per heavy atom.